The number of hydrogen-bond acceptors (Lipinski definition) is 2. The molecule has 1 atom stereocenters. The van der Waals surface area contributed by atoms with Crippen LogP contribution in [-0.4, -0.2) is 24.5 Å². The zero-order valence-corrected chi connectivity index (χ0v) is 13.9. The fourth-order valence-electron chi connectivity index (χ4n) is 3.39. The van der Waals surface area contributed by atoms with Gasteiger partial charge in [0, 0.05) is 5.02 Å². The number of rotatable bonds is 6. The molecule has 0 bridgehead atoms. The van der Waals surface area contributed by atoms with Gasteiger partial charge >= 0.3 is 0 Å². The second-order valence-electron chi connectivity index (χ2n) is 6.37. The van der Waals surface area contributed by atoms with Crippen molar-refractivity contribution in [2.24, 2.45) is 5.92 Å². The number of nitriles is 1. The normalized spacial score (nSPS) is 18.6. The number of benzene rings is 1. The van der Waals surface area contributed by atoms with Crippen molar-refractivity contribution in [3.63, 3.8) is 0 Å². The summed E-state index contributed by atoms with van der Waals surface area (Å²) >= 11 is 6.38. The third-order valence-electron chi connectivity index (χ3n) is 4.78. The fraction of sp³-hybridized carbons (Fsp3) is 0.611. The lowest BCUT2D eigenvalue weighted by Crippen LogP contribution is -2.32. The monoisotopic (exact) mass is 304 g/mol. The van der Waals surface area contributed by atoms with Crippen molar-refractivity contribution in [2.45, 2.75) is 44.9 Å². The van der Waals surface area contributed by atoms with Gasteiger partial charge in [0.1, 0.15) is 0 Å². The highest BCUT2D eigenvalue weighted by Crippen LogP contribution is 2.40. The third kappa shape index (κ3) is 3.59. The van der Waals surface area contributed by atoms with E-state index in [4.69, 9.17) is 11.6 Å². The van der Waals surface area contributed by atoms with Crippen molar-refractivity contribution in [3.8, 4) is 6.07 Å². The fourth-order valence-corrected chi connectivity index (χ4v) is 3.69. The van der Waals surface area contributed by atoms with Crippen LogP contribution in [-0.2, 0) is 5.41 Å². The van der Waals surface area contributed by atoms with Crippen LogP contribution in [0.1, 0.15) is 45.1 Å². The highest BCUT2D eigenvalue weighted by molar-refractivity contribution is 6.31. The van der Waals surface area contributed by atoms with Gasteiger partial charge in [-0.05, 0) is 62.9 Å². The van der Waals surface area contributed by atoms with E-state index in [0.717, 1.165) is 24.9 Å². The average Bonchev–Trinajstić information content (AvgIpc) is 2.98. The second kappa shape index (κ2) is 7.29. The summed E-state index contributed by atoms with van der Waals surface area (Å²) in [7, 11) is 0. The van der Waals surface area contributed by atoms with Crippen LogP contribution in [0.15, 0.2) is 24.3 Å². The predicted molar refractivity (Wildman–Crippen MR) is 88.5 cm³/mol. The van der Waals surface area contributed by atoms with Crippen LogP contribution in [0.3, 0.4) is 0 Å². The molecule has 1 aliphatic heterocycles. The van der Waals surface area contributed by atoms with Crippen molar-refractivity contribution >= 4 is 11.6 Å². The number of likely N-dealkylation sites (tertiary alicyclic amines) is 1. The van der Waals surface area contributed by atoms with Gasteiger partial charge in [-0.2, -0.15) is 5.26 Å². The van der Waals surface area contributed by atoms with Crippen molar-refractivity contribution in [1.82, 2.24) is 4.90 Å². The summed E-state index contributed by atoms with van der Waals surface area (Å²) in [6.45, 7) is 7.78. The molecule has 0 saturated carbocycles. The van der Waals surface area contributed by atoms with E-state index in [-0.39, 0.29) is 5.92 Å². The van der Waals surface area contributed by atoms with Gasteiger partial charge in [-0.25, -0.2) is 0 Å². The highest BCUT2D eigenvalue weighted by Gasteiger charge is 2.37. The molecule has 21 heavy (non-hydrogen) atoms. The van der Waals surface area contributed by atoms with Gasteiger partial charge in [0.25, 0.3) is 0 Å². The van der Waals surface area contributed by atoms with E-state index < -0.39 is 5.41 Å². The van der Waals surface area contributed by atoms with Crippen LogP contribution in [0.5, 0.6) is 0 Å². The van der Waals surface area contributed by atoms with Crippen molar-refractivity contribution in [2.75, 3.05) is 19.6 Å². The minimum absolute atomic E-state index is 0.251. The largest absolute Gasteiger partial charge is 0.303 e. The van der Waals surface area contributed by atoms with Gasteiger partial charge in [-0.1, -0.05) is 43.6 Å². The van der Waals surface area contributed by atoms with Crippen LogP contribution in [0.25, 0.3) is 0 Å². The van der Waals surface area contributed by atoms with E-state index in [2.05, 4.69) is 24.8 Å². The summed E-state index contributed by atoms with van der Waals surface area (Å²) in [5.74, 6) is 0.251. The Morgan fingerprint density at radius 3 is 2.52 bits per heavy atom. The third-order valence-corrected chi connectivity index (χ3v) is 5.11. The molecular weight excluding hydrogens is 280 g/mol. The molecule has 1 fully saturated rings. The first kappa shape index (κ1) is 16.3. The summed E-state index contributed by atoms with van der Waals surface area (Å²) in [6.07, 6.45) is 4.56. The van der Waals surface area contributed by atoms with Crippen molar-refractivity contribution in [3.05, 3.63) is 34.9 Å². The molecule has 3 heteroatoms. The number of halogens is 1. The lowest BCUT2D eigenvalue weighted by Gasteiger charge is -2.32. The minimum atomic E-state index is -0.474. The first-order valence-corrected chi connectivity index (χ1v) is 8.36. The Bertz CT molecular complexity index is 500. The summed E-state index contributed by atoms with van der Waals surface area (Å²) in [6, 6.07) is 10.4. The second-order valence-corrected chi connectivity index (χ2v) is 6.78. The van der Waals surface area contributed by atoms with Crippen LogP contribution in [0, 0.1) is 17.2 Å². The van der Waals surface area contributed by atoms with Gasteiger partial charge in [-0.3, -0.25) is 0 Å². The van der Waals surface area contributed by atoms with E-state index >= 15 is 0 Å². The Hall–Kier alpha value is -1.04. The first-order valence-electron chi connectivity index (χ1n) is 7.99. The van der Waals surface area contributed by atoms with E-state index in [1.807, 2.05) is 24.3 Å². The molecule has 1 saturated heterocycles. The van der Waals surface area contributed by atoms with Crippen molar-refractivity contribution < 1.29 is 0 Å². The zero-order valence-electron chi connectivity index (χ0n) is 13.1. The SMILES string of the molecule is CC(C)[C@@](C#N)(CCCN1CCCC1)c1ccccc1Cl. The lowest BCUT2D eigenvalue weighted by atomic mass is 9.70. The quantitative estimate of drug-likeness (QED) is 0.766. The van der Waals surface area contributed by atoms with Gasteiger partial charge in [0.15, 0.2) is 0 Å². The summed E-state index contributed by atoms with van der Waals surface area (Å²) < 4.78 is 0. The molecule has 2 rings (SSSR count). The molecule has 0 radical (unpaired) electrons. The van der Waals surface area contributed by atoms with Crippen LogP contribution < -0.4 is 0 Å². The van der Waals surface area contributed by atoms with Gasteiger partial charge in [0.2, 0.25) is 0 Å². The molecule has 0 amide bonds. The molecule has 0 aliphatic carbocycles. The van der Waals surface area contributed by atoms with E-state index in [0.29, 0.717) is 5.02 Å². The molecule has 0 N–H and O–H groups in total. The molecule has 1 aliphatic rings. The maximum Gasteiger partial charge on any atom is 0.0859 e. The molecule has 1 aromatic rings. The van der Waals surface area contributed by atoms with Gasteiger partial charge in [-0.15, -0.1) is 0 Å². The van der Waals surface area contributed by atoms with Gasteiger partial charge in [0.05, 0.1) is 11.5 Å². The molecule has 0 unspecified atom stereocenters. The molecule has 2 nitrogen and oxygen atoms in total. The summed E-state index contributed by atoms with van der Waals surface area (Å²) in [5.41, 5.74) is 0.517. The molecule has 1 aromatic carbocycles. The summed E-state index contributed by atoms with van der Waals surface area (Å²) in [4.78, 5) is 2.51. The van der Waals surface area contributed by atoms with E-state index in [1.54, 1.807) is 0 Å². The van der Waals surface area contributed by atoms with Gasteiger partial charge < -0.3 is 4.90 Å². The highest BCUT2D eigenvalue weighted by atomic mass is 35.5. The lowest BCUT2D eigenvalue weighted by molar-refractivity contribution is 0.293. The van der Waals surface area contributed by atoms with Crippen LogP contribution in [0.4, 0.5) is 0 Å². The van der Waals surface area contributed by atoms with E-state index in [9.17, 15) is 5.26 Å². The number of nitrogens with zero attached hydrogens (tertiary/aromatic N) is 2. The van der Waals surface area contributed by atoms with Crippen molar-refractivity contribution in [1.29, 1.82) is 5.26 Å². The molecule has 0 spiro atoms. The smallest absolute Gasteiger partial charge is 0.0859 e. The standard InChI is InChI=1S/C18H25ClN2/c1-15(2)18(14-20,16-8-3-4-9-17(16)19)10-7-13-21-11-5-6-12-21/h3-4,8-9,15H,5-7,10-13H2,1-2H3/t18-/m0/s1. The van der Waals surface area contributed by atoms with E-state index in [1.165, 1.54) is 25.9 Å². The van der Waals surface area contributed by atoms with Crippen LogP contribution in [0.2, 0.25) is 5.02 Å². The zero-order chi connectivity index (χ0) is 15.3. The molecule has 114 valence electrons. The number of hydrogen-bond donors (Lipinski definition) is 0. The van der Waals surface area contributed by atoms with Crippen LogP contribution >= 0.6 is 11.6 Å². The Kier molecular flexibility index (Phi) is 5.67. The maximum atomic E-state index is 9.89. The Balaban J connectivity index is 2.13. The summed E-state index contributed by atoms with van der Waals surface area (Å²) in [5, 5.41) is 10.6. The molecular formula is C18H25ClN2. The Labute approximate surface area is 133 Å². The Morgan fingerprint density at radius 2 is 1.95 bits per heavy atom. The maximum absolute atomic E-state index is 9.89. The predicted octanol–water partition coefficient (Wildman–Crippen LogP) is 4.63. The minimum Gasteiger partial charge on any atom is -0.303 e. The molecule has 0 aromatic heterocycles. The average molecular weight is 305 g/mol. The molecule has 1 heterocycles. The topological polar surface area (TPSA) is 27.0 Å². The Morgan fingerprint density at radius 1 is 1.29 bits per heavy atom. The first-order chi connectivity index (χ1) is 10.1.